The second-order valence-electron chi connectivity index (χ2n) is 4.12. The Hall–Kier alpha value is -0.580. The first-order valence-electron chi connectivity index (χ1n) is 5.67. The maximum Gasteiger partial charge on any atom is 0.136 e. The van der Waals surface area contributed by atoms with Crippen molar-refractivity contribution in [2.75, 3.05) is 6.61 Å². The van der Waals surface area contributed by atoms with Gasteiger partial charge in [-0.15, -0.1) is 0 Å². The second-order valence-corrected chi connectivity index (χ2v) is 5.29. The Morgan fingerprint density at radius 1 is 1.38 bits per heavy atom. The molecule has 1 aromatic carbocycles. The van der Waals surface area contributed by atoms with E-state index in [1.807, 2.05) is 24.3 Å². The molecule has 0 spiro atoms. The lowest BCUT2D eigenvalue weighted by Crippen LogP contribution is -2.11. The van der Waals surface area contributed by atoms with Gasteiger partial charge in [0.1, 0.15) is 11.5 Å². The standard InChI is InChI=1S/C13H15IO2/c14-11-5-1-2-7-13(11)16-9-8-10-4-3-6-12(10)15/h1-2,5,7,10H,3-4,6,8-9H2. The monoisotopic (exact) mass is 330 g/mol. The Kier molecular flexibility index (Phi) is 4.21. The van der Waals surface area contributed by atoms with Gasteiger partial charge in [0.15, 0.2) is 0 Å². The summed E-state index contributed by atoms with van der Waals surface area (Å²) in [5.41, 5.74) is 0. The molecule has 0 radical (unpaired) electrons. The number of ketones is 1. The van der Waals surface area contributed by atoms with Gasteiger partial charge >= 0.3 is 0 Å². The minimum absolute atomic E-state index is 0.251. The SMILES string of the molecule is O=C1CCCC1CCOc1ccccc1I. The summed E-state index contributed by atoms with van der Waals surface area (Å²) in [4.78, 5) is 11.4. The summed E-state index contributed by atoms with van der Waals surface area (Å²) in [5.74, 6) is 1.60. The molecule has 2 rings (SSSR count). The Balaban J connectivity index is 1.80. The number of Topliss-reactive ketones (excluding diaryl/α,β-unsaturated/α-hetero) is 1. The summed E-state index contributed by atoms with van der Waals surface area (Å²) < 4.78 is 6.81. The Morgan fingerprint density at radius 2 is 2.19 bits per heavy atom. The lowest BCUT2D eigenvalue weighted by atomic mass is 10.0. The average molecular weight is 330 g/mol. The van der Waals surface area contributed by atoms with E-state index in [0.717, 1.165) is 35.0 Å². The van der Waals surface area contributed by atoms with Crippen molar-refractivity contribution in [2.24, 2.45) is 5.92 Å². The van der Waals surface area contributed by atoms with Crippen molar-refractivity contribution in [2.45, 2.75) is 25.7 Å². The van der Waals surface area contributed by atoms with E-state index < -0.39 is 0 Å². The molecule has 86 valence electrons. The number of carbonyl (C=O) groups excluding carboxylic acids is 1. The maximum absolute atomic E-state index is 11.4. The van der Waals surface area contributed by atoms with Gasteiger partial charge in [0.05, 0.1) is 10.2 Å². The van der Waals surface area contributed by atoms with Gasteiger partial charge < -0.3 is 4.74 Å². The predicted molar refractivity (Wildman–Crippen MR) is 71.6 cm³/mol. The number of halogens is 1. The van der Waals surface area contributed by atoms with Gasteiger partial charge in [0.2, 0.25) is 0 Å². The van der Waals surface area contributed by atoms with Crippen LogP contribution in [0.1, 0.15) is 25.7 Å². The summed E-state index contributed by atoms with van der Waals surface area (Å²) >= 11 is 2.26. The molecule has 0 saturated heterocycles. The molecule has 1 fully saturated rings. The van der Waals surface area contributed by atoms with Gasteiger partial charge in [0.25, 0.3) is 0 Å². The zero-order chi connectivity index (χ0) is 11.4. The average Bonchev–Trinajstić information content (AvgIpc) is 2.67. The third-order valence-electron chi connectivity index (χ3n) is 2.99. The van der Waals surface area contributed by atoms with E-state index in [2.05, 4.69) is 22.6 Å². The van der Waals surface area contributed by atoms with Gasteiger partial charge in [-0.3, -0.25) is 4.79 Å². The van der Waals surface area contributed by atoms with Crippen molar-refractivity contribution < 1.29 is 9.53 Å². The largest absolute Gasteiger partial charge is 0.492 e. The molecule has 0 bridgehead atoms. The van der Waals surface area contributed by atoms with Crippen LogP contribution in [0.5, 0.6) is 5.75 Å². The quantitative estimate of drug-likeness (QED) is 0.791. The van der Waals surface area contributed by atoms with Gasteiger partial charge in [-0.05, 0) is 54.0 Å². The van der Waals surface area contributed by atoms with Crippen molar-refractivity contribution in [1.29, 1.82) is 0 Å². The van der Waals surface area contributed by atoms with E-state index in [9.17, 15) is 4.79 Å². The molecule has 1 unspecified atom stereocenters. The van der Waals surface area contributed by atoms with Gasteiger partial charge in [0, 0.05) is 12.3 Å². The topological polar surface area (TPSA) is 26.3 Å². The van der Waals surface area contributed by atoms with E-state index in [1.54, 1.807) is 0 Å². The molecule has 2 nitrogen and oxygen atoms in total. The Labute approximate surface area is 110 Å². The molecule has 1 atom stereocenters. The summed E-state index contributed by atoms with van der Waals surface area (Å²) in [6.07, 6.45) is 3.75. The van der Waals surface area contributed by atoms with Crippen molar-refractivity contribution >= 4 is 28.4 Å². The number of hydrogen-bond acceptors (Lipinski definition) is 2. The fraction of sp³-hybridized carbons (Fsp3) is 0.462. The van der Waals surface area contributed by atoms with Crippen LogP contribution in [0.15, 0.2) is 24.3 Å². The molecule has 0 aromatic heterocycles. The van der Waals surface area contributed by atoms with Crippen LogP contribution in [-0.4, -0.2) is 12.4 Å². The minimum atomic E-state index is 0.251. The molecule has 0 N–H and O–H groups in total. The van der Waals surface area contributed by atoms with Crippen LogP contribution in [0.4, 0.5) is 0 Å². The maximum atomic E-state index is 11.4. The number of benzene rings is 1. The van der Waals surface area contributed by atoms with Crippen LogP contribution in [0.3, 0.4) is 0 Å². The van der Waals surface area contributed by atoms with Crippen LogP contribution >= 0.6 is 22.6 Å². The highest BCUT2D eigenvalue weighted by atomic mass is 127. The summed E-state index contributed by atoms with van der Waals surface area (Å²) in [6.45, 7) is 0.649. The predicted octanol–water partition coefficient (Wildman–Crippen LogP) is 3.43. The Bertz CT molecular complexity index is 376. The third-order valence-corrected chi connectivity index (χ3v) is 3.88. The molecule has 1 saturated carbocycles. The summed E-state index contributed by atoms with van der Waals surface area (Å²) in [6, 6.07) is 7.96. The van der Waals surface area contributed by atoms with Crippen molar-refractivity contribution in [1.82, 2.24) is 0 Å². The smallest absolute Gasteiger partial charge is 0.136 e. The molecule has 16 heavy (non-hydrogen) atoms. The van der Waals surface area contributed by atoms with E-state index in [4.69, 9.17) is 4.74 Å². The second kappa shape index (κ2) is 5.66. The van der Waals surface area contributed by atoms with Gasteiger partial charge in [-0.25, -0.2) is 0 Å². The Morgan fingerprint density at radius 3 is 2.88 bits per heavy atom. The van der Waals surface area contributed by atoms with Crippen molar-refractivity contribution in [3.05, 3.63) is 27.8 Å². The lowest BCUT2D eigenvalue weighted by molar-refractivity contribution is -0.121. The van der Waals surface area contributed by atoms with Crippen LogP contribution in [0.2, 0.25) is 0 Å². The fourth-order valence-electron chi connectivity index (χ4n) is 2.07. The normalized spacial score (nSPS) is 20.1. The number of ether oxygens (including phenoxy) is 1. The highest BCUT2D eigenvalue weighted by Gasteiger charge is 2.23. The van der Waals surface area contributed by atoms with Crippen LogP contribution in [0, 0.1) is 9.49 Å². The van der Waals surface area contributed by atoms with E-state index >= 15 is 0 Å². The summed E-state index contributed by atoms with van der Waals surface area (Å²) in [7, 11) is 0. The van der Waals surface area contributed by atoms with Crippen molar-refractivity contribution in [3.8, 4) is 5.75 Å². The van der Waals surface area contributed by atoms with Crippen LogP contribution in [-0.2, 0) is 4.79 Å². The summed E-state index contributed by atoms with van der Waals surface area (Å²) in [5, 5.41) is 0. The molecule has 1 aliphatic rings. The minimum Gasteiger partial charge on any atom is -0.492 e. The molecule has 0 amide bonds. The lowest BCUT2D eigenvalue weighted by Gasteiger charge is -2.10. The highest BCUT2D eigenvalue weighted by molar-refractivity contribution is 14.1. The molecule has 1 aromatic rings. The number of carbonyl (C=O) groups is 1. The molecule has 0 aliphatic heterocycles. The fourth-order valence-corrected chi connectivity index (χ4v) is 2.61. The highest BCUT2D eigenvalue weighted by Crippen LogP contribution is 2.25. The number of hydrogen-bond donors (Lipinski definition) is 0. The van der Waals surface area contributed by atoms with E-state index in [0.29, 0.717) is 12.4 Å². The zero-order valence-electron chi connectivity index (χ0n) is 9.12. The molecular weight excluding hydrogens is 315 g/mol. The first-order chi connectivity index (χ1) is 7.77. The molecular formula is C13H15IO2. The first-order valence-corrected chi connectivity index (χ1v) is 6.75. The third kappa shape index (κ3) is 2.97. The number of para-hydroxylation sites is 1. The molecule has 1 aliphatic carbocycles. The van der Waals surface area contributed by atoms with E-state index in [1.165, 1.54) is 0 Å². The molecule has 0 heterocycles. The van der Waals surface area contributed by atoms with E-state index in [-0.39, 0.29) is 5.92 Å². The number of rotatable bonds is 4. The van der Waals surface area contributed by atoms with Crippen LogP contribution in [0.25, 0.3) is 0 Å². The van der Waals surface area contributed by atoms with Crippen LogP contribution < -0.4 is 4.74 Å². The van der Waals surface area contributed by atoms with Crippen molar-refractivity contribution in [3.63, 3.8) is 0 Å². The van der Waals surface area contributed by atoms with Gasteiger partial charge in [-0.2, -0.15) is 0 Å². The zero-order valence-corrected chi connectivity index (χ0v) is 11.3. The molecule has 3 heteroatoms. The first kappa shape index (κ1) is 11.9. The van der Waals surface area contributed by atoms with Gasteiger partial charge in [-0.1, -0.05) is 12.1 Å².